The summed E-state index contributed by atoms with van der Waals surface area (Å²) < 4.78 is 0. The minimum Gasteiger partial charge on any atom is -0.670 e. The van der Waals surface area contributed by atoms with Crippen LogP contribution in [0.5, 0.6) is 0 Å². The van der Waals surface area contributed by atoms with Crippen molar-refractivity contribution < 1.29 is 21.1 Å². The Kier molecular flexibility index (Phi) is 6.85. The molecular formula is C8H8N2W. The fourth-order valence-electron chi connectivity index (χ4n) is 0.497. The maximum atomic E-state index is 3.72. The normalized spacial score (nSPS) is 7.27. The molecule has 56 valence electrons. The van der Waals surface area contributed by atoms with Crippen molar-refractivity contribution in [3.63, 3.8) is 0 Å². The Morgan fingerprint density at radius 1 is 0.545 bits per heavy atom. The third-order valence-corrected chi connectivity index (χ3v) is 0.911. The molecule has 0 aliphatic rings. The monoisotopic (exact) mass is 316 g/mol. The van der Waals surface area contributed by atoms with E-state index in [9.17, 15) is 0 Å². The largest absolute Gasteiger partial charge is 2.00 e. The molecule has 0 N–H and O–H groups in total. The standard InChI is InChI=1S/2C4H4N.W/c2*1-2-4-5-3-1;/h2*1-4H;/q2*-1;+2. The molecule has 0 saturated carbocycles. The third-order valence-electron chi connectivity index (χ3n) is 0.911. The number of nitrogens with zero attached hydrogens (tertiary/aromatic N) is 2. The molecule has 0 spiro atoms. The Hall–Kier alpha value is -0.752. The second-order valence-electron chi connectivity index (χ2n) is 1.66. The first-order chi connectivity index (χ1) is 5.00. The molecule has 2 aromatic rings. The summed E-state index contributed by atoms with van der Waals surface area (Å²) in [5.41, 5.74) is 0. The van der Waals surface area contributed by atoms with E-state index < -0.39 is 0 Å². The Morgan fingerprint density at radius 2 is 0.818 bits per heavy atom. The van der Waals surface area contributed by atoms with Gasteiger partial charge in [0, 0.05) is 0 Å². The quantitative estimate of drug-likeness (QED) is 0.733. The fourth-order valence-corrected chi connectivity index (χ4v) is 0.497. The second kappa shape index (κ2) is 7.36. The topological polar surface area (TPSA) is 28.2 Å². The van der Waals surface area contributed by atoms with Gasteiger partial charge >= 0.3 is 21.1 Å². The van der Waals surface area contributed by atoms with Crippen LogP contribution in [0.15, 0.2) is 49.1 Å². The number of hydrogen-bond acceptors (Lipinski definition) is 0. The molecular weight excluding hydrogens is 308 g/mol. The van der Waals surface area contributed by atoms with Crippen molar-refractivity contribution in [2.45, 2.75) is 0 Å². The first-order valence-electron chi connectivity index (χ1n) is 3.03. The van der Waals surface area contributed by atoms with Crippen molar-refractivity contribution >= 4 is 0 Å². The Morgan fingerprint density at radius 3 is 0.909 bits per heavy atom. The molecule has 0 fully saturated rings. The molecule has 0 radical (unpaired) electrons. The fraction of sp³-hybridized carbons (Fsp3) is 0. The van der Waals surface area contributed by atoms with Gasteiger partial charge in [-0.15, -0.1) is 0 Å². The van der Waals surface area contributed by atoms with E-state index in [1.807, 2.05) is 24.3 Å². The number of aromatic nitrogens is 2. The smallest absolute Gasteiger partial charge is 0.670 e. The molecule has 2 nitrogen and oxygen atoms in total. The van der Waals surface area contributed by atoms with Crippen molar-refractivity contribution in [2.75, 3.05) is 0 Å². The van der Waals surface area contributed by atoms with Crippen molar-refractivity contribution in [1.82, 2.24) is 9.97 Å². The molecule has 0 atom stereocenters. The Balaban J connectivity index is 0.000000167. The van der Waals surface area contributed by atoms with Gasteiger partial charge in [0.25, 0.3) is 0 Å². The van der Waals surface area contributed by atoms with Gasteiger partial charge in [-0.25, -0.2) is 0 Å². The van der Waals surface area contributed by atoms with Crippen LogP contribution in [0.4, 0.5) is 0 Å². The summed E-state index contributed by atoms with van der Waals surface area (Å²) in [6.07, 6.45) is 7.00. The molecule has 0 bridgehead atoms. The molecule has 11 heavy (non-hydrogen) atoms. The van der Waals surface area contributed by atoms with E-state index in [-0.39, 0.29) is 21.1 Å². The number of hydrogen-bond donors (Lipinski definition) is 0. The van der Waals surface area contributed by atoms with Crippen molar-refractivity contribution in [3.8, 4) is 0 Å². The molecule has 0 unspecified atom stereocenters. The predicted octanol–water partition coefficient (Wildman–Crippen LogP) is 1.29. The van der Waals surface area contributed by atoms with E-state index in [0.29, 0.717) is 0 Å². The van der Waals surface area contributed by atoms with Crippen LogP contribution in [0, 0.1) is 0 Å². The van der Waals surface area contributed by atoms with Crippen molar-refractivity contribution in [2.24, 2.45) is 0 Å². The average Bonchev–Trinajstić information content (AvgIpc) is 2.67. The summed E-state index contributed by atoms with van der Waals surface area (Å²) in [5.74, 6) is 0. The van der Waals surface area contributed by atoms with Gasteiger partial charge in [0.1, 0.15) is 0 Å². The van der Waals surface area contributed by atoms with Gasteiger partial charge in [0.2, 0.25) is 0 Å². The minimum atomic E-state index is 0. The summed E-state index contributed by atoms with van der Waals surface area (Å²) >= 11 is 0. The van der Waals surface area contributed by atoms with Gasteiger partial charge in [0.05, 0.1) is 0 Å². The maximum absolute atomic E-state index is 3.72. The molecule has 2 heterocycles. The summed E-state index contributed by atoms with van der Waals surface area (Å²) in [6.45, 7) is 0. The van der Waals surface area contributed by atoms with E-state index in [1.54, 1.807) is 24.8 Å². The van der Waals surface area contributed by atoms with Crippen LogP contribution in [0.3, 0.4) is 0 Å². The first kappa shape index (κ1) is 10.2. The first-order valence-corrected chi connectivity index (χ1v) is 3.03. The van der Waals surface area contributed by atoms with Gasteiger partial charge in [-0.2, -0.15) is 24.8 Å². The third kappa shape index (κ3) is 5.68. The zero-order chi connectivity index (χ0) is 7.07. The summed E-state index contributed by atoms with van der Waals surface area (Å²) in [7, 11) is 0. The molecule has 0 aliphatic carbocycles. The minimum absolute atomic E-state index is 0. The molecule has 2 aromatic heterocycles. The Labute approximate surface area is 80.3 Å². The zero-order valence-electron chi connectivity index (χ0n) is 5.92. The van der Waals surface area contributed by atoms with Gasteiger partial charge in [-0.1, -0.05) is 24.3 Å². The molecule has 0 saturated heterocycles. The second-order valence-corrected chi connectivity index (χ2v) is 1.66. The van der Waals surface area contributed by atoms with Gasteiger partial charge in [-0.3, -0.25) is 0 Å². The summed E-state index contributed by atoms with van der Waals surface area (Å²) in [6, 6.07) is 7.56. The Bertz CT molecular complexity index is 151. The molecule has 0 aromatic carbocycles. The van der Waals surface area contributed by atoms with Crippen LogP contribution in [0.2, 0.25) is 0 Å². The van der Waals surface area contributed by atoms with Crippen LogP contribution in [0.1, 0.15) is 0 Å². The molecule has 0 amide bonds. The van der Waals surface area contributed by atoms with Crippen LogP contribution in [0.25, 0.3) is 0 Å². The van der Waals surface area contributed by atoms with Crippen molar-refractivity contribution in [1.29, 1.82) is 0 Å². The average molecular weight is 316 g/mol. The van der Waals surface area contributed by atoms with E-state index in [4.69, 9.17) is 0 Å². The summed E-state index contributed by atoms with van der Waals surface area (Å²) in [4.78, 5) is 7.44. The van der Waals surface area contributed by atoms with E-state index in [1.165, 1.54) is 0 Å². The number of rotatable bonds is 0. The van der Waals surface area contributed by atoms with Crippen molar-refractivity contribution in [3.05, 3.63) is 49.1 Å². The van der Waals surface area contributed by atoms with Gasteiger partial charge in [-0.05, 0) is 0 Å². The summed E-state index contributed by atoms with van der Waals surface area (Å²) in [5, 5.41) is 0. The van der Waals surface area contributed by atoms with Crippen LogP contribution >= 0.6 is 0 Å². The SMILES string of the molecule is [W+2].c1cc[n-]c1.c1cc[n-]c1. The van der Waals surface area contributed by atoms with Gasteiger partial charge < -0.3 is 9.97 Å². The molecule has 2 rings (SSSR count). The molecule has 3 heteroatoms. The van der Waals surface area contributed by atoms with E-state index in [0.717, 1.165) is 0 Å². The van der Waals surface area contributed by atoms with Crippen LogP contribution in [-0.2, 0) is 21.1 Å². The maximum Gasteiger partial charge on any atom is 2.00 e. The van der Waals surface area contributed by atoms with E-state index in [2.05, 4.69) is 9.97 Å². The van der Waals surface area contributed by atoms with Crippen LogP contribution < -0.4 is 9.97 Å². The van der Waals surface area contributed by atoms with Gasteiger partial charge in [0.15, 0.2) is 0 Å². The molecule has 0 aliphatic heterocycles. The van der Waals surface area contributed by atoms with Crippen LogP contribution in [-0.4, -0.2) is 0 Å². The predicted molar refractivity (Wildman–Crippen MR) is 39.5 cm³/mol. The zero-order valence-corrected chi connectivity index (χ0v) is 8.85. The van der Waals surface area contributed by atoms with E-state index >= 15 is 0 Å².